The summed E-state index contributed by atoms with van der Waals surface area (Å²) in [6.07, 6.45) is 0.125. The quantitative estimate of drug-likeness (QED) is 0.792. The van der Waals surface area contributed by atoms with Gasteiger partial charge in [0.25, 0.3) is 0 Å². The van der Waals surface area contributed by atoms with Gasteiger partial charge in [-0.05, 0) is 23.6 Å². The summed E-state index contributed by atoms with van der Waals surface area (Å²) in [5.41, 5.74) is 0.752. The standard InChI is InChI=1S/C16H23NO5/c1-11(2)9-17(10-16(19)20)15(18)8-12-5-6-13(21-3)14(7-12)22-4/h5-7,11H,8-10H2,1-4H3,(H,19,20). The maximum absolute atomic E-state index is 12.3. The van der Waals surface area contributed by atoms with Crippen LogP contribution in [-0.4, -0.2) is 49.2 Å². The van der Waals surface area contributed by atoms with Crippen molar-refractivity contribution in [3.63, 3.8) is 0 Å². The van der Waals surface area contributed by atoms with E-state index in [4.69, 9.17) is 14.6 Å². The molecule has 0 aromatic heterocycles. The van der Waals surface area contributed by atoms with Crippen LogP contribution in [-0.2, 0) is 16.0 Å². The first-order valence-electron chi connectivity index (χ1n) is 7.07. The number of hydrogen-bond acceptors (Lipinski definition) is 4. The van der Waals surface area contributed by atoms with Gasteiger partial charge < -0.3 is 19.5 Å². The predicted molar refractivity (Wildman–Crippen MR) is 82.3 cm³/mol. The second-order valence-corrected chi connectivity index (χ2v) is 5.43. The molecule has 0 aliphatic carbocycles. The first kappa shape index (κ1) is 17.8. The molecule has 0 heterocycles. The molecule has 1 aromatic rings. The maximum Gasteiger partial charge on any atom is 0.323 e. The molecule has 0 atom stereocenters. The van der Waals surface area contributed by atoms with Gasteiger partial charge in [0.15, 0.2) is 11.5 Å². The highest BCUT2D eigenvalue weighted by atomic mass is 16.5. The van der Waals surface area contributed by atoms with Crippen LogP contribution in [0.4, 0.5) is 0 Å². The van der Waals surface area contributed by atoms with Crippen LogP contribution >= 0.6 is 0 Å². The molecule has 6 heteroatoms. The molecule has 1 aromatic carbocycles. The second kappa shape index (κ2) is 8.26. The highest BCUT2D eigenvalue weighted by Crippen LogP contribution is 2.27. The molecule has 1 N–H and O–H groups in total. The number of carboxylic acids is 1. The number of ether oxygens (including phenoxy) is 2. The van der Waals surface area contributed by atoms with Crippen molar-refractivity contribution in [2.45, 2.75) is 20.3 Å². The molecule has 1 rings (SSSR count). The van der Waals surface area contributed by atoms with Gasteiger partial charge in [-0.25, -0.2) is 0 Å². The number of rotatable bonds is 8. The smallest absolute Gasteiger partial charge is 0.323 e. The molecule has 122 valence electrons. The van der Waals surface area contributed by atoms with Crippen molar-refractivity contribution >= 4 is 11.9 Å². The first-order valence-corrected chi connectivity index (χ1v) is 7.07. The van der Waals surface area contributed by atoms with Crippen molar-refractivity contribution in [3.05, 3.63) is 23.8 Å². The van der Waals surface area contributed by atoms with E-state index in [9.17, 15) is 9.59 Å². The van der Waals surface area contributed by atoms with E-state index < -0.39 is 5.97 Å². The average Bonchev–Trinajstić information content (AvgIpc) is 2.45. The summed E-state index contributed by atoms with van der Waals surface area (Å²) in [4.78, 5) is 24.6. The van der Waals surface area contributed by atoms with Gasteiger partial charge in [0.05, 0.1) is 20.6 Å². The summed E-state index contributed by atoms with van der Waals surface area (Å²) >= 11 is 0. The predicted octanol–water partition coefficient (Wildman–Crippen LogP) is 1.82. The van der Waals surface area contributed by atoms with Crippen LogP contribution in [0.5, 0.6) is 11.5 Å². The van der Waals surface area contributed by atoms with Crippen LogP contribution < -0.4 is 9.47 Å². The Morgan fingerprint density at radius 1 is 1.18 bits per heavy atom. The number of carbonyl (C=O) groups excluding carboxylic acids is 1. The van der Waals surface area contributed by atoms with Crippen LogP contribution in [0.15, 0.2) is 18.2 Å². The molecule has 0 saturated carbocycles. The number of carbonyl (C=O) groups is 2. The lowest BCUT2D eigenvalue weighted by Gasteiger charge is -2.23. The third-order valence-corrected chi connectivity index (χ3v) is 3.07. The van der Waals surface area contributed by atoms with Gasteiger partial charge in [0, 0.05) is 6.54 Å². The van der Waals surface area contributed by atoms with Crippen LogP contribution in [0.3, 0.4) is 0 Å². The molecule has 6 nitrogen and oxygen atoms in total. The van der Waals surface area contributed by atoms with Crippen LogP contribution in [0.2, 0.25) is 0 Å². The van der Waals surface area contributed by atoms with E-state index >= 15 is 0 Å². The Kier molecular flexibility index (Phi) is 6.69. The lowest BCUT2D eigenvalue weighted by atomic mass is 10.1. The van der Waals surface area contributed by atoms with E-state index in [0.717, 1.165) is 5.56 Å². The molecule has 0 radical (unpaired) electrons. The second-order valence-electron chi connectivity index (χ2n) is 5.43. The number of nitrogens with zero attached hydrogens (tertiary/aromatic N) is 1. The molecule has 1 amide bonds. The number of carboxylic acid groups (broad SMARTS) is 1. The van der Waals surface area contributed by atoms with E-state index in [0.29, 0.717) is 18.0 Å². The van der Waals surface area contributed by atoms with Gasteiger partial charge in [0.2, 0.25) is 5.91 Å². The van der Waals surface area contributed by atoms with Crippen molar-refractivity contribution in [2.75, 3.05) is 27.3 Å². The summed E-state index contributed by atoms with van der Waals surface area (Å²) < 4.78 is 10.4. The van der Waals surface area contributed by atoms with E-state index in [2.05, 4.69) is 0 Å². The summed E-state index contributed by atoms with van der Waals surface area (Å²) in [5.74, 6) is 0.100. The van der Waals surface area contributed by atoms with Gasteiger partial charge in [-0.3, -0.25) is 9.59 Å². The third kappa shape index (κ3) is 5.27. The normalized spacial score (nSPS) is 10.4. The molecule has 0 aliphatic heterocycles. The Bertz CT molecular complexity index is 527. The lowest BCUT2D eigenvalue weighted by Crippen LogP contribution is -2.39. The van der Waals surface area contributed by atoms with E-state index in [-0.39, 0.29) is 24.8 Å². The van der Waals surface area contributed by atoms with Crippen molar-refractivity contribution in [2.24, 2.45) is 5.92 Å². The molecular formula is C16H23NO5. The van der Waals surface area contributed by atoms with E-state index in [1.165, 1.54) is 12.0 Å². The topological polar surface area (TPSA) is 76.1 Å². The maximum atomic E-state index is 12.3. The summed E-state index contributed by atoms with van der Waals surface area (Å²) in [7, 11) is 3.07. The SMILES string of the molecule is COc1ccc(CC(=O)N(CC(=O)O)CC(C)C)cc1OC. The molecule has 0 unspecified atom stereocenters. The minimum Gasteiger partial charge on any atom is -0.493 e. The highest BCUT2D eigenvalue weighted by Gasteiger charge is 2.18. The molecule has 0 aliphatic rings. The van der Waals surface area contributed by atoms with Gasteiger partial charge >= 0.3 is 5.97 Å². The van der Waals surface area contributed by atoms with Gasteiger partial charge in [-0.1, -0.05) is 19.9 Å². The fraction of sp³-hybridized carbons (Fsp3) is 0.500. The zero-order valence-electron chi connectivity index (χ0n) is 13.5. The van der Waals surface area contributed by atoms with Gasteiger partial charge in [0.1, 0.15) is 6.54 Å². The molecule has 22 heavy (non-hydrogen) atoms. The monoisotopic (exact) mass is 309 g/mol. The zero-order valence-corrected chi connectivity index (χ0v) is 13.5. The van der Waals surface area contributed by atoms with E-state index in [1.54, 1.807) is 25.3 Å². The fourth-order valence-electron chi connectivity index (χ4n) is 2.14. The third-order valence-electron chi connectivity index (χ3n) is 3.07. The number of aliphatic carboxylic acids is 1. The van der Waals surface area contributed by atoms with Crippen molar-refractivity contribution in [1.82, 2.24) is 4.90 Å². The Morgan fingerprint density at radius 3 is 2.32 bits per heavy atom. The summed E-state index contributed by atoms with van der Waals surface area (Å²) in [6, 6.07) is 5.23. The molecule has 0 bridgehead atoms. The molecule has 0 saturated heterocycles. The lowest BCUT2D eigenvalue weighted by molar-refractivity contribution is -0.144. The Labute approximate surface area is 130 Å². The molecule has 0 spiro atoms. The fourth-order valence-corrected chi connectivity index (χ4v) is 2.14. The summed E-state index contributed by atoms with van der Waals surface area (Å²) in [5, 5.41) is 8.93. The van der Waals surface area contributed by atoms with Crippen LogP contribution in [0.1, 0.15) is 19.4 Å². The average molecular weight is 309 g/mol. The highest BCUT2D eigenvalue weighted by molar-refractivity contribution is 5.83. The number of hydrogen-bond donors (Lipinski definition) is 1. The minimum absolute atomic E-state index is 0.125. The summed E-state index contributed by atoms with van der Waals surface area (Å²) in [6.45, 7) is 4.01. The number of benzene rings is 1. The van der Waals surface area contributed by atoms with Crippen LogP contribution in [0.25, 0.3) is 0 Å². The first-order chi connectivity index (χ1) is 10.4. The van der Waals surface area contributed by atoms with Crippen molar-refractivity contribution in [3.8, 4) is 11.5 Å². The molecular weight excluding hydrogens is 286 g/mol. The van der Waals surface area contributed by atoms with Gasteiger partial charge in [-0.2, -0.15) is 0 Å². The van der Waals surface area contributed by atoms with E-state index in [1.807, 2.05) is 13.8 Å². The Morgan fingerprint density at radius 2 is 1.82 bits per heavy atom. The van der Waals surface area contributed by atoms with Crippen molar-refractivity contribution < 1.29 is 24.2 Å². The Balaban J connectivity index is 2.86. The number of methoxy groups -OCH3 is 2. The number of amides is 1. The Hall–Kier alpha value is -2.24. The largest absolute Gasteiger partial charge is 0.493 e. The minimum atomic E-state index is -1.01. The van der Waals surface area contributed by atoms with Gasteiger partial charge in [-0.15, -0.1) is 0 Å². The van der Waals surface area contributed by atoms with Crippen LogP contribution in [0, 0.1) is 5.92 Å². The van der Waals surface area contributed by atoms with Crippen molar-refractivity contribution in [1.29, 1.82) is 0 Å². The molecule has 0 fully saturated rings. The zero-order chi connectivity index (χ0) is 16.7.